The third-order valence-electron chi connectivity index (χ3n) is 3.00. The van der Waals surface area contributed by atoms with Gasteiger partial charge < -0.3 is 15.4 Å². The Kier molecular flexibility index (Phi) is 5.92. The molecule has 0 aliphatic carbocycles. The van der Waals surface area contributed by atoms with Crippen LogP contribution in [0.5, 0.6) is 5.75 Å². The van der Waals surface area contributed by atoms with Crippen molar-refractivity contribution in [3.05, 3.63) is 52.5 Å². The zero-order valence-electron chi connectivity index (χ0n) is 12.3. The first kappa shape index (κ1) is 17.2. The van der Waals surface area contributed by atoms with Crippen LogP contribution in [-0.2, 0) is 4.79 Å². The molecule has 0 saturated carbocycles. The third-order valence-corrected chi connectivity index (χ3v) is 3.49. The first-order valence-corrected chi connectivity index (χ1v) is 7.58. The van der Waals surface area contributed by atoms with Gasteiger partial charge in [-0.2, -0.15) is 8.78 Å². The van der Waals surface area contributed by atoms with Crippen molar-refractivity contribution in [1.29, 1.82) is 0 Å². The van der Waals surface area contributed by atoms with Crippen molar-refractivity contribution in [3.8, 4) is 5.75 Å². The smallest absolute Gasteiger partial charge is 0.387 e. The van der Waals surface area contributed by atoms with Gasteiger partial charge in [0.2, 0.25) is 5.91 Å². The maximum absolute atomic E-state index is 12.0. The molecule has 1 amide bonds. The molecule has 0 aliphatic rings. The minimum absolute atomic E-state index is 0.0601. The van der Waals surface area contributed by atoms with E-state index in [0.717, 1.165) is 15.7 Å². The molecule has 2 aromatic carbocycles. The number of rotatable bonds is 6. The topological polar surface area (TPSA) is 50.4 Å². The molecule has 0 atom stereocenters. The van der Waals surface area contributed by atoms with E-state index < -0.39 is 6.61 Å². The average molecular weight is 385 g/mol. The number of benzene rings is 2. The summed E-state index contributed by atoms with van der Waals surface area (Å²) in [4.78, 5) is 11.9. The number of carbonyl (C=O) groups is 1. The summed E-state index contributed by atoms with van der Waals surface area (Å²) in [5.41, 5.74) is 2.32. The van der Waals surface area contributed by atoms with Gasteiger partial charge in [-0.05, 0) is 55.0 Å². The lowest BCUT2D eigenvalue weighted by Gasteiger charge is -2.11. The maximum Gasteiger partial charge on any atom is 0.387 e. The maximum atomic E-state index is 12.0. The number of halogens is 3. The lowest BCUT2D eigenvalue weighted by Crippen LogP contribution is -2.22. The molecular formula is C16H15BrF2N2O2. The SMILES string of the molecule is Cc1cc(Br)ccc1NC(=O)CNc1ccc(OC(F)F)cc1. The van der Waals surface area contributed by atoms with E-state index in [1.807, 2.05) is 25.1 Å². The zero-order chi connectivity index (χ0) is 16.8. The van der Waals surface area contributed by atoms with Gasteiger partial charge in [0.15, 0.2) is 0 Å². The Morgan fingerprint density at radius 3 is 2.52 bits per heavy atom. The highest BCUT2D eigenvalue weighted by Gasteiger charge is 2.06. The Balaban J connectivity index is 1.86. The van der Waals surface area contributed by atoms with Crippen LogP contribution in [0.15, 0.2) is 46.9 Å². The van der Waals surface area contributed by atoms with Crippen molar-refractivity contribution in [2.24, 2.45) is 0 Å². The number of aryl methyl sites for hydroxylation is 1. The van der Waals surface area contributed by atoms with Gasteiger partial charge in [-0.25, -0.2) is 0 Å². The van der Waals surface area contributed by atoms with Crippen LogP contribution in [0.1, 0.15) is 5.56 Å². The molecule has 0 radical (unpaired) electrons. The van der Waals surface area contributed by atoms with Crippen molar-refractivity contribution in [3.63, 3.8) is 0 Å². The molecule has 2 N–H and O–H groups in total. The van der Waals surface area contributed by atoms with Crippen molar-refractivity contribution in [2.75, 3.05) is 17.2 Å². The highest BCUT2D eigenvalue weighted by atomic mass is 79.9. The van der Waals surface area contributed by atoms with Crippen molar-refractivity contribution >= 4 is 33.2 Å². The van der Waals surface area contributed by atoms with Crippen LogP contribution in [0.4, 0.5) is 20.2 Å². The van der Waals surface area contributed by atoms with E-state index >= 15 is 0 Å². The molecule has 0 unspecified atom stereocenters. The largest absolute Gasteiger partial charge is 0.435 e. The first-order chi connectivity index (χ1) is 10.9. The molecular weight excluding hydrogens is 370 g/mol. The predicted octanol–water partition coefficient (Wildman–Crippen LogP) is 4.41. The second kappa shape index (κ2) is 7.92. The summed E-state index contributed by atoms with van der Waals surface area (Å²) in [5, 5.41) is 5.71. The van der Waals surface area contributed by atoms with Crippen molar-refractivity contribution in [2.45, 2.75) is 13.5 Å². The van der Waals surface area contributed by atoms with E-state index in [9.17, 15) is 13.6 Å². The lowest BCUT2D eigenvalue weighted by atomic mass is 10.2. The fourth-order valence-electron chi connectivity index (χ4n) is 1.90. The minimum atomic E-state index is -2.85. The molecule has 23 heavy (non-hydrogen) atoms. The Labute approximate surface area is 141 Å². The van der Waals surface area contributed by atoms with E-state index in [1.165, 1.54) is 12.1 Å². The zero-order valence-corrected chi connectivity index (χ0v) is 13.9. The summed E-state index contributed by atoms with van der Waals surface area (Å²) in [5.74, 6) is -0.135. The monoisotopic (exact) mass is 384 g/mol. The van der Waals surface area contributed by atoms with E-state index in [-0.39, 0.29) is 18.2 Å². The Bertz CT molecular complexity index is 678. The van der Waals surface area contributed by atoms with Crippen molar-refractivity contribution < 1.29 is 18.3 Å². The fourth-order valence-corrected chi connectivity index (χ4v) is 2.37. The van der Waals surface area contributed by atoms with E-state index in [2.05, 4.69) is 31.3 Å². The predicted molar refractivity (Wildman–Crippen MR) is 89.1 cm³/mol. The first-order valence-electron chi connectivity index (χ1n) is 6.79. The fraction of sp³-hybridized carbons (Fsp3) is 0.188. The van der Waals surface area contributed by atoms with E-state index in [4.69, 9.17) is 0 Å². The van der Waals surface area contributed by atoms with E-state index in [0.29, 0.717) is 5.69 Å². The van der Waals surface area contributed by atoms with Gasteiger partial charge in [-0.15, -0.1) is 0 Å². The quantitative estimate of drug-likeness (QED) is 0.775. The summed E-state index contributed by atoms with van der Waals surface area (Å²) in [6, 6.07) is 11.5. The number of amides is 1. The molecule has 4 nitrogen and oxygen atoms in total. The molecule has 0 fully saturated rings. The average Bonchev–Trinajstić information content (AvgIpc) is 2.49. The van der Waals surface area contributed by atoms with Crippen LogP contribution in [-0.4, -0.2) is 19.1 Å². The molecule has 0 bridgehead atoms. The molecule has 0 aliphatic heterocycles. The second-order valence-corrected chi connectivity index (χ2v) is 5.68. The molecule has 2 aromatic rings. The van der Waals surface area contributed by atoms with Gasteiger partial charge in [0, 0.05) is 15.8 Å². The molecule has 2 rings (SSSR count). The highest BCUT2D eigenvalue weighted by Crippen LogP contribution is 2.20. The number of nitrogens with one attached hydrogen (secondary N) is 2. The minimum Gasteiger partial charge on any atom is -0.435 e. The number of anilines is 2. The van der Waals surface area contributed by atoms with Crippen LogP contribution in [0.3, 0.4) is 0 Å². The summed E-state index contributed by atoms with van der Waals surface area (Å²) in [6.07, 6.45) is 0. The van der Waals surface area contributed by atoms with Gasteiger partial charge in [-0.3, -0.25) is 4.79 Å². The summed E-state index contributed by atoms with van der Waals surface area (Å²) < 4.78 is 29.3. The Morgan fingerprint density at radius 2 is 1.91 bits per heavy atom. The van der Waals surface area contributed by atoms with Crippen LogP contribution in [0.2, 0.25) is 0 Å². The van der Waals surface area contributed by atoms with Crippen molar-refractivity contribution in [1.82, 2.24) is 0 Å². The standard InChI is InChI=1S/C16H15BrF2N2O2/c1-10-8-11(17)2-7-14(10)21-15(22)9-20-12-3-5-13(6-4-12)23-16(18)19/h2-8,16,20H,9H2,1H3,(H,21,22). The van der Waals surface area contributed by atoms with Crippen LogP contribution < -0.4 is 15.4 Å². The molecule has 122 valence electrons. The molecule has 0 aromatic heterocycles. The molecule has 0 saturated heterocycles. The van der Waals surface area contributed by atoms with Crippen LogP contribution in [0, 0.1) is 6.92 Å². The summed E-state index contributed by atoms with van der Waals surface area (Å²) in [7, 11) is 0. The number of carbonyl (C=O) groups excluding carboxylic acids is 1. The van der Waals surface area contributed by atoms with Gasteiger partial charge in [0.05, 0.1) is 6.54 Å². The number of alkyl halides is 2. The van der Waals surface area contributed by atoms with Gasteiger partial charge >= 0.3 is 6.61 Å². The number of hydrogen-bond donors (Lipinski definition) is 2. The third kappa shape index (κ3) is 5.52. The van der Waals surface area contributed by atoms with Gasteiger partial charge in [-0.1, -0.05) is 15.9 Å². The Hall–Kier alpha value is -2.15. The summed E-state index contributed by atoms with van der Waals surface area (Å²) in [6.45, 7) is -0.895. The van der Waals surface area contributed by atoms with E-state index in [1.54, 1.807) is 12.1 Å². The second-order valence-electron chi connectivity index (χ2n) is 4.76. The number of hydrogen-bond acceptors (Lipinski definition) is 3. The Morgan fingerprint density at radius 1 is 1.22 bits per heavy atom. The lowest BCUT2D eigenvalue weighted by molar-refractivity contribution is -0.114. The van der Waals surface area contributed by atoms with Gasteiger partial charge in [0.25, 0.3) is 0 Å². The molecule has 0 heterocycles. The number of ether oxygens (including phenoxy) is 1. The summed E-state index contributed by atoms with van der Waals surface area (Å²) >= 11 is 3.36. The van der Waals surface area contributed by atoms with Crippen LogP contribution in [0.25, 0.3) is 0 Å². The normalized spacial score (nSPS) is 10.5. The molecule has 0 spiro atoms. The van der Waals surface area contributed by atoms with Crippen LogP contribution >= 0.6 is 15.9 Å². The van der Waals surface area contributed by atoms with Gasteiger partial charge in [0.1, 0.15) is 5.75 Å². The molecule has 7 heteroatoms. The highest BCUT2D eigenvalue weighted by molar-refractivity contribution is 9.10.